The van der Waals surface area contributed by atoms with Crippen LogP contribution >= 0.6 is 0 Å². The van der Waals surface area contributed by atoms with E-state index >= 15 is 0 Å². The van der Waals surface area contributed by atoms with E-state index in [0.29, 0.717) is 5.69 Å². The Morgan fingerprint density at radius 2 is 1.76 bits per heavy atom. The number of nitrogens with one attached hydrogen (secondary N) is 2. The Hall–Kier alpha value is -4.14. The van der Waals surface area contributed by atoms with Gasteiger partial charge in [-0.1, -0.05) is 48.5 Å². The van der Waals surface area contributed by atoms with Gasteiger partial charge in [0.15, 0.2) is 0 Å². The van der Waals surface area contributed by atoms with E-state index in [1.807, 2.05) is 36.4 Å². The lowest BCUT2D eigenvalue weighted by Gasteiger charge is -2.24. The quantitative estimate of drug-likeness (QED) is 0.449. The minimum atomic E-state index is -1.01. The SMILES string of the molecule is CN(CCC(=O)O)C(=O)C(Cc1cnc[nH]1)NC(=O)OCC1c2ccccc2-c2ccccc21. The molecule has 3 N–H and O–H groups in total. The molecule has 0 saturated heterocycles. The molecule has 1 aromatic heterocycles. The number of alkyl carbamates (subject to hydrolysis) is 1. The molecule has 0 bridgehead atoms. The second-order valence-corrected chi connectivity index (χ2v) is 8.21. The molecule has 0 fully saturated rings. The Bertz CT molecular complexity index is 1130. The Morgan fingerprint density at radius 1 is 1.12 bits per heavy atom. The molecule has 9 heteroatoms. The second kappa shape index (κ2) is 10.2. The maximum atomic E-state index is 12.9. The number of rotatable bonds is 9. The van der Waals surface area contributed by atoms with Crippen LogP contribution in [0.4, 0.5) is 4.79 Å². The van der Waals surface area contributed by atoms with Gasteiger partial charge in [0.2, 0.25) is 5.91 Å². The normalized spacial score (nSPS) is 13.0. The minimum Gasteiger partial charge on any atom is -0.481 e. The van der Waals surface area contributed by atoms with Gasteiger partial charge in [0.25, 0.3) is 0 Å². The maximum absolute atomic E-state index is 12.9. The number of imidazole rings is 1. The van der Waals surface area contributed by atoms with E-state index in [9.17, 15) is 14.4 Å². The number of carbonyl (C=O) groups excluding carboxylic acids is 2. The van der Waals surface area contributed by atoms with E-state index in [2.05, 4.69) is 27.4 Å². The first-order valence-electron chi connectivity index (χ1n) is 11.0. The molecule has 0 aliphatic heterocycles. The van der Waals surface area contributed by atoms with Crippen molar-refractivity contribution in [1.82, 2.24) is 20.2 Å². The van der Waals surface area contributed by atoms with Crippen molar-refractivity contribution in [3.63, 3.8) is 0 Å². The number of hydrogen-bond acceptors (Lipinski definition) is 5. The fourth-order valence-electron chi connectivity index (χ4n) is 4.24. The van der Waals surface area contributed by atoms with Crippen LogP contribution < -0.4 is 5.32 Å². The summed E-state index contributed by atoms with van der Waals surface area (Å²) in [5, 5.41) is 11.6. The molecule has 0 radical (unpaired) electrons. The Balaban J connectivity index is 1.44. The molecule has 1 unspecified atom stereocenters. The number of carboxylic acid groups (broad SMARTS) is 1. The van der Waals surface area contributed by atoms with Crippen LogP contribution in [-0.2, 0) is 20.7 Å². The first-order chi connectivity index (χ1) is 16.4. The highest BCUT2D eigenvalue weighted by atomic mass is 16.5. The average Bonchev–Trinajstić information content (AvgIpc) is 3.46. The van der Waals surface area contributed by atoms with Gasteiger partial charge in [-0.2, -0.15) is 0 Å². The predicted molar refractivity (Wildman–Crippen MR) is 124 cm³/mol. The number of carbonyl (C=O) groups is 3. The Morgan fingerprint density at radius 3 is 2.35 bits per heavy atom. The number of benzene rings is 2. The topological polar surface area (TPSA) is 125 Å². The van der Waals surface area contributed by atoms with Crippen molar-refractivity contribution in [2.45, 2.75) is 24.8 Å². The van der Waals surface area contributed by atoms with Crippen LogP contribution in [-0.4, -0.2) is 64.2 Å². The zero-order valence-electron chi connectivity index (χ0n) is 18.7. The van der Waals surface area contributed by atoms with Crippen LogP contribution in [0.5, 0.6) is 0 Å². The highest BCUT2D eigenvalue weighted by Gasteiger charge is 2.30. The molecule has 1 heterocycles. The summed E-state index contributed by atoms with van der Waals surface area (Å²) in [7, 11) is 1.50. The average molecular weight is 463 g/mol. The highest BCUT2D eigenvalue weighted by molar-refractivity contribution is 5.86. The third kappa shape index (κ3) is 5.09. The number of fused-ring (bicyclic) bond motifs is 3. The minimum absolute atomic E-state index is 0.0278. The molecular weight excluding hydrogens is 436 g/mol. The maximum Gasteiger partial charge on any atom is 0.407 e. The van der Waals surface area contributed by atoms with Crippen LogP contribution in [0.1, 0.15) is 29.2 Å². The number of likely N-dealkylation sites (N-methyl/N-ethyl adjacent to an activating group) is 1. The second-order valence-electron chi connectivity index (χ2n) is 8.21. The Kier molecular flexibility index (Phi) is 6.91. The number of amides is 2. The summed E-state index contributed by atoms with van der Waals surface area (Å²) in [5.41, 5.74) is 5.09. The van der Waals surface area contributed by atoms with E-state index in [4.69, 9.17) is 9.84 Å². The molecule has 176 valence electrons. The van der Waals surface area contributed by atoms with Crippen molar-refractivity contribution >= 4 is 18.0 Å². The van der Waals surface area contributed by atoms with E-state index in [-0.39, 0.29) is 31.9 Å². The van der Waals surface area contributed by atoms with E-state index in [0.717, 1.165) is 22.3 Å². The van der Waals surface area contributed by atoms with Gasteiger partial charge in [0.1, 0.15) is 12.6 Å². The van der Waals surface area contributed by atoms with Crippen molar-refractivity contribution < 1.29 is 24.2 Å². The number of carboxylic acids is 1. The predicted octanol–water partition coefficient (Wildman–Crippen LogP) is 2.79. The van der Waals surface area contributed by atoms with Gasteiger partial charge in [-0.15, -0.1) is 0 Å². The molecule has 1 aliphatic rings. The third-order valence-electron chi connectivity index (χ3n) is 5.95. The van der Waals surface area contributed by atoms with E-state index < -0.39 is 24.0 Å². The number of aromatic amines is 1. The first kappa shape index (κ1) is 23.0. The fraction of sp³-hybridized carbons (Fsp3) is 0.280. The molecular formula is C25H26N4O5. The lowest BCUT2D eigenvalue weighted by atomic mass is 9.98. The van der Waals surface area contributed by atoms with E-state index in [1.54, 1.807) is 6.20 Å². The van der Waals surface area contributed by atoms with Crippen LogP contribution in [0.3, 0.4) is 0 Å². The van der Waals surface area contributed by atoms with E-state index in [1.165, 1.54) is 18.3 Å². The Labute approximate surface area is 196 Å². The van der Waals surface area contributed by atoms with Gasteiger partial charge >= 0.3 is 12.1 Å². The van der Waals surface area contributed by atoms with Crippen molar-refractivity contribution in [2.24, 2.45) is 0 Å². The molecule has 34 heavy (non-hydrogen) atoms. The standard InChI is InChI=1S/C25H26N4O5/c1-29(11-10-23(30)31)24(32)22(12-16-13-26-15-27-16)28-25(33)34-14-21-19-8-4-2-6-17(19)18-7-3-5-9-20(18)21/h2-9,13,15,21-22H,10-12,14H2,1H3,(H,26,27)(H,28,33)(H,30,31). The zero-order chi connectivity index (χ0) is 24.1. The fourth-order valence-corrected chi connectivity index (χ4v) is 4.24. The molecule has 3 aromatic rings. The zero-order valence-corrected chi connectivity index (χ0v) is 18.7. The number of aliphatic carboxylic acids is 1. The molecule has 2 aromatic carbocycles. The van der Waals surface area contributed by atoms with Crippen molar-refractivity contribution in [2.75, 3.05) is 20.2 Å². The van der Waals surface area contributed by atoms with Gasteiger partial charge in [-0.3, -0.25) is 9.59 Å². The monoisotopic (exact) mass is 462 g/mol. The molecule has 0 spiro atoms. The van der Waals surface area contributed by atoms with Crippen LogP contribution in [0, 0.1) is 0 Å². The molecule has 1 aliphatic carbocycles. The van der Waals surface area contributed by atoms with Crippen molar-refractivity contribution in [3.8, 4) is 11.1 Å². The van der Waals surface area contributed by atoms with Gasteiger partial charge in [-0.25, -0.2) is 9.78 Å². The molecule has 4 rings (SSSR count). The number of nitrogens with zero attached hydrogens (tertiary/aromatic N) is 2. The third-order valence-corrected chi connectivity index (χ3v) is 5.95. The largest absolute Gasteiger partial charge is 0.481 e. The lowest BCUT2D eigenvalue weighted by molar-refractivity contribution is -0.138. The molecule has 9 nitrogen and oxygen atoms in total. The first-order valence-corrected chi connectivity index (χ1v) is 11.0. The van der Waals surface area contributed by atoms with Crippen LogP contribution in [0.15, 0.2) is 61.1 Å². The molecule has 0 saturated carbocycles. The molecule has 2 amide bonds. The summed E-state index contributed by atoms with van der Waals surface area (Å²) >= 11 is 0. The van der Waals surface area contributed by atoms with Gasteiger partial charge in [-0.05, 0) is 22.3 Å². The number of hydrogen-bond donors (Lipinski definition) is 3. The van der Waals surface area contributed by atoms with Crippen LogP contribution in [0.2, 0.25) is 0 Å². The summed E-state index contributed by atoms with van der Waals surface area (Å²) in [6, 6.07) is 15.1. The summed E-state index contributed by atoms with van der Waals surface area (Å²) in [6.07, 6.45) is 2.31. The van der Waals surface area contributed by atoms with Gasteiger partial charge < -0.3 is 25.0 Å². The summed E-state index contributed by atoms with van der Waals surface area (Å²) in [4.78, 5) is 44.7. The lowest BCUT2D eigenvalue weighted by Crippen LogP contribution is -2.49. The summed E-state index contributed by atoms with van der Waals surface area (Å²) in [5.74, 6) is -1.52. The smallest absolute Gasteiger partial charge is 0.407 e. The summed E-state index contributed by atoms with van der Waals surface area (Å²) in [6.45, 7) is 0.152. The number of aromatic nitrogens is 2. The number of H-pyrrole nitrogens is 1. The summed E-state index contributed by atoms with van der Waals surface area (Å²) < 4.78 is 5.58. The van der Waals surface area contributed by atoms with Gasteiger partial charge in [0, 0.05) is 37.8 Å². The van der Waals surface area contributed by atoms with Crippen molar-refractivity contribution in [1.29, 1.82) is 0 Å². The van der Waals surface area contributed by atoms with Gasteiger partial charge in [0.05, 0.1) is 12.7 Å². The number of ether oxygens (including phenoxy) is 1. The van der Waals surface area contributed by atoms with Crippen LogP contribution in [0.25, 0.3) is 11.1 Å². The van der Waals surface area contributed by atoms with Crippen molar-refractivity contribution in [3.05, 3.63) is 77.9 Å². The molecule has 1 atom stereocenters. The highest BCUT2D eigenvalue weighted by Crippen LogP contribution is 2.44.